The lowest BCUT2D eigenvalue weighted by Gasteiger charge is -2.08. The van der Waals surface area contributed by atoms with E-state index in [0.29, 0.717) is 0 Å². The molecule has 0 unspecified atom stereocenters. The van der Waals surface area contributed by atoms with Gasteiger partial charge in [-0.1, -0.05) is 0 Å². The number of benzene rings is 1. The maximum atomic E-state index is 10.2. The van der Waals surface area contributed by atoms with Gasteiger partial charge in [0.15, 0.2) is 0 Å². The standard InChI is InChI=1S/C6H6NO5PS/c8-7(9)5-1-3-6(4-2-5)12-13(10,11)14/h1-4H,(H2,10,11,14). The van der Waals surface area contributed by atoms with Crippen LogP contribution < -0.4 is 4.52 Å². The summed E-state index contributed by atoms with van der Waals surface area (Å²) in [5.74, 6) is 0.0870. The number of hydrogen-bond donors (Lipinski definition) is 2. The predicted molar refractivity (Wildman–Crippen MR) is 52.4 cm³/mol. The maximum absolute atomic E-state index is 10.2. The van der Waals surface area contributed by atoms with Gasteiger partial charge >= 0.3 is 6.72 Å². The third kappa shape index (κ3) is 3.39. The van der Waals surface area contributed by atoms with Gasteiger partial charge in [-0.25, -0.2) is 0 Å². The first-order valence-electron chi connectivity index (χ1n) is 3.38. The molecule has 0 saturated heterocycles. The van der Waals surface area contributed by atoms with Crippen LogP contribution in [0.4, 0.5) is 5.69 Å². The lowest BCUT2D eigenvalue weighted by Crippen LogP contribution is -1.91. The second kappa shape index (κ2) is 4.02. The highest BCUT2D eigenvalue weighted by Gasteiger charge is 2.11. The molecule has 0 bridgehead atoms. The zero-order chi connectivity index (χ0) is 10.8. The number of non-ortho nitro benzene ring substituents is 1. The molecule has 1 aromatic rings. The van der Waals surface area contributed by atoms with Crippen LogP contribution in [0.5, 0.6) is 5.75 Å². The molecule has 0 aliphatic heterocycles. The molecule has 1 aromatic carbocycles. The Labute approximate surface area is 84.2 Å². The fourth-order valence-corrected chi connectivity index (χ4v) is 1.42. The molecule has 0 fully saturated rings. The van der Waals surface area contributed by atoms with Crippen LogP contribution in [0.25, 0.3) is 0 Å². The molecule has 0 saturated carbocycles. The summed E-state index contributed by atoms with van der Waals surface area (Å²) in [5.41, 5.74) is -0.110. The summed E-state index contributed by atoms with van der Waals surface area (Å²) < 4.78 is 4.55. The zero-order valence-electron chi connectivity index (χ0n) is 6.73. The van der Waals surface area contributed by atoms with Crippen molar-refractivity contribution in [3.8, 4) is 5.75 Å². The van der Waals surface area contributed by atoms with Crippen molar-refractivity contribution < 1.29 is 19.2 Å². The summed E-state index contributed by atoms with van der Waals surface area (Å²) in [4.78, 5) is 27.2. The highest BCUT2D eigenvalue weighted by molar-refractivity contribution is 8.06. The lowest BCUT2D eigenvalue weighted by molar-refractivity contribution is -0.384. The van der Waals surface area contributed by atoms with Crippen molar-refractivity contribution in [2.75, 3.05) is 0 Å². The zero-order valence-corrected chi connectivity index (χ0v) is 8.44. The molecule has 2 N–H and O–H groups in total. The van der Waals surface area contributed by atoms with Crippen LogP contribution >= 0.6 is 6.72 Å². The molecule has 0 amide bonds. The van der Waals surface area contributed by atoms with Gasteiger partial charge in [0, 0.05) is 23.9 Å². The molecular formula is C6H6NO5PS. The summed E-state index contributed by atoms with van der Waals surface area (Å²) in [7, 11) is 0. The van der Waals surface area contributed by atoms with Gasteiger partial charge in [0.05, 0.1) is 4.92 Å². The van der Waals surface area contributed by atoms with E-state index in [0.717, 1.165) is 0 Å². The van der Waals surface area contributed by atoms with Crippen molar-refractivity contribution in [1.82, 2.24) is 0 Å². The quantitative estimate of drug-likeness (QED) is 0.464. The highest BCUT2D eigenvalue weighted by Crippen LogP contribution is 2.38. The van der Waals surface area contributed by atoms with Crippen LogP contribution in [0, 0.1) is 10.1 Å². The first-order chi connectivity index (χ1) is 6.38. The Kier molecular flexibility index (Phi) is 3.17. The average molecular weight is 235 g/mol. The smallest absolute Gasteiger partial charge is 0.375 e. The first-order valence-corrected chi connectivity index (χ1v) is 6.01. The van der Waals surface area contributed by atoms with E-state index >= 15 is 0 Å². The van der Waals surface area contributed by atoms with E-state index in [4.69, 9.17) is 9.79 Å². The Bertz CT molecular complexity index is 386. The van der Waals surface area contributed by atoms with Crippen LogP contribution in [0.2, 0.25) is 0 Å². The molecule has 0 spiro atoms. The summed E-state index contributed by atoms with van der Waals surface area (Å²) in [5, 5.41) is 10.2. The van der Waals surface area contributed by atoms with Crippen molar-refractivity contribution in [2.45, 2.75) is 0 Å². The summed E-state index contributed by atoms with van der Waals surface area (Å²) in [6, 6.07) is 4.85. The van der Waals surface area contributed by atoms with Gasteiger partial charge in [0.2, 0.25) is 0 Å². The highest BCUT2D eigenvalue weighted by atomic mass is 32.5. The minimum Gasteiger partial charge on any atom is -0.424 e. The molecule has 0 aliphatic carbocycles. The minimum absolute atomic E-state index is 0.0870. The molecule has 76 valence electrons. The Morgan fingerprint density at radius 1 is 1.36 bits per heavy atom. The maximum Gasteiger partial charge on any atom is 0.375 e. The molecule has 6 nitrogen and oxygen atoms in total. The molecule has 0 aromatic heterocycles. The summed E-state index contributed by atoms with van der Waals surface area (Å²) >= 11 is 4.22. The Morgan fingerprint density at radius 3 is 2.21 bits per heavy atom. The van der Waals surface area contributed by atoms with Crippen LogP contribution in [0.1, 0.15) is 0 Å². The van der Waals surface area contributed by atoms with Gasteiger partial charge < -0.3 is 14.3 Å². The summed E-state index contributed by atoms with van der Waals surface area (Å²) in [6.45, 7) is -3.76. The topological polar surface area (TPSA) is 92.8 Å². The van der Waals surface area contributed by atoms with Crippen LogP contribution in [0.3, 0.4) is 0 Å². The minimum atomic E-state index is -3.76. The fraction of sp³-hybridized carbons (Fsp3) is 0. The fourth-order valence-electron chi connectivity index (χ4n) is 0.766. The number of nitrogens with zero attached hydrogens (tertiary/aromatic N) is 1. The third-order valence-electron chi connectivity index (χ3n) is 1.27. The van der Waals surface area contributed by atoms with E-state index in [-0.39, 0.29) is 11.4 Å². The summed E-state index contributed by atoms with van der Waals surface area (Å²) in [6.07, 6.45) is 0. The van der Waals surface area contributed by atoms with Gasteiger partial charge in [-0.2, -0.15) is 0 Å². The van der Waals surface area contributed by atoms with Gasteiger partial charge in [0.25, 0.3) is 5.69 Å². The van der Waals surface area contributed by atoms with Gasteiger partial charge in [-0.05, 0) is 12.1 Å². The first kappa shape index (κ1) is 11.1. The van der Waals surface area contributed by atoms with E-state index < -0.39 is 11.6 Å². The third-order valence-corrected chi connectivity index (χ3v) is 1.94. The van der Waals surface area contributed by atoms with Gasteiger partial charge in [-0.15, -0.1) is 0 Å². The SMILES string of the molecule is O=[N+]([O-])c1ccc(OP(O)(O)=S)cc1. The van der Waals surface area contributed by atoms with Crippen molar-refractivity contribution in [1.29, 1.82) is 0 Å². The van der Waals surface area contributed by atoms with E-state index in [1.807, 2.05) is 0 Å². The van der Waals surface area contributed by atoms with Crippen LogP contribution in [0.15, 0.2) is 24.3 Å². The van der Waals surface area contributed by atoms with E-state index in [9.17, 15) is 10.1 Å². The normalized spacial score (nSPS) is 11.0. The average Bonchev–Trinajstić information content (AvgIpc) is 2.02. The van der Waals surface area contributed by atoms with Crippen LogP contribution in [-0.2, 0) is 11.8 Å². The Balaban J connectivity index is 2.84. The molecule has 8 heteroatoms. The Morgan fingerprint density at radius 2 is 1.86 bits per heavy atom. The van der Waals surface area contributed by atoms with Gasteiger partial charge in [0.1, 0.15) is 5.75 Å². The number of nitro groups is 1. The molecule has 0 heterocycles. The molecule has 0 aliphatic rings. The van der Waals surface area contributed by atoms with Gasteiger partial charge in [-0.3, -0.25) is 10.1 Å². The van der Waals surface area contributed by atoms with E-state index in [1.165, 1.54) is 24.3 Å². The second-order valence-electron chi connectivity index (χ2n) is 2.33. The van der Waals surface area contributed by atoms with Crippen molar-refractivity contribution >= 4 is 24.2 Å². The molecule has 0 radical (unpaired) electrons. The van der Waals surface area contributed by atoms with Crippen molar-refractivity contribution in [3.63, 3.8) is 0 Å². The predicted octanol–water partition coefficient (Wildman–Crippen LogP) is 1.18. The Hall–Kier alpha value is -1.01. The van der Waals surface area contributed by atoms with Crippen molar-refractivity contribution in [2.24, 2.45) is 0 Å². The monoisotopic (exact) mass is 235 g/mol. The van der Waals surface area contributed by atoms with E-state index in [1.54, 1.807) is 0 Å². The molecule has 14 heavy (non-hydrogen) atoms. The number of rotatable bonds is 3. The van der Waals surface area contributed by atoms with Crippen LogP contribution in [-0.4, -0.2) is 14.7 Å². The lowest BCUT2D eigenvalue weighted by atomic mass is 10.3. The number of nitro benzene ring substituents is 1. The molecule has 1 rings (SSSR count). The van der Waals surface area contributed by atoms with Crippen molar-refractivity contribution in [3.05, 3.63) is 34.4 Å². The molecular weight excluding hydrogens is 229 g/mol. The molecule has 0 atom stereocenters. The number of hydrogen-bond acceptors (Lipinski definition) is 4. The van der Waals surface area contributed by atoms with E-state index in [2.05, 4.69) is 16.3 Å². The second-order valence-corrected chi connectivity index (χ2v) is 4.92. The largest absolute Gasteiger partial charge is 0.424 e.